The van der Waals surface area contributed by atoms with Gasteiger partial charge in [-0.05, 0) is 30.2 Å². The number of aromatic amines is 1. The third-order valence-electron chi connectivity index (χ3n) is 4.62. The molecule has 0 saturated heterocycles. The lowest BCUT2D eigenvalue weighted by Gasteiger charge is -2.26. The monoisotopic (exact) mass is 406 g/mol. The Morgan fingerprint density at radius 1 is 1.00 bits per heavy atom. The summed E-state index contributed by atoms with van der Waals surface area (Å²) in [6.45, 7) is 0.675. The van der Waals surface area contributed by atoms with E-state index in [1.165, 1.54) is 16.4 Å². The summed E-state index contributed by atoms with van der Waals surface area (Å²) in [5.74, 6) is 0. The van der Waals surface area contributed by atoms with Gasteiger partial charge in [-0.2, -0.15) is 4.31 Å². The summed E-state index contributed by atoms with van der Waals surface area (Å²) in [7, 11) is -3.74. The van der Waals surface area contributed by atoms with Gasteiger partial charge in [0.15, 0.2) is 0 Å². The summed E-state index contributed by atoms with van der Waals surface area (Å²) in [5.41, 5.74) is 3.33. The van der Waals surface area contributed by atoms with Crippen LogP contribution in [0.3, 0.4) is 0 Å². The van der Waals surface area contributed by atoms with Crippen molar-refractivity contribution in [3.63, 3.8) is 0 Å². The van der Waals surface area contributed by atoms with Crippen LogP contribution >= 0.6 is 23.2 Å². The highest BCUT2D eigenvalue weighted by Gasteiger charge is 2.30. The Kier molecular flexibility index (Phi) is 4.57. The zero-order chi connectivity index (χ0) is 18.3. The fraction of sp³-hybridized carbons (Fsp3) is 0.158. The zero-order valence-electron chi connectivity index (χ0n) is 13.7. The molecule has 0 saturated carbocycles. The number of benzene rings is 2. The van der Waals surface area contributed by atoms with Crippen LogP contribution in [0.2, 0.25) is 10.0 Å². The molecule has 26 heavy (non-hydrogen) atoms. The highest BCUT2D eigenvalue weighted by Crippen LogP contribution is 2.34. The molecule has 7 heteroatoms. The average molecular weight is 407 g/mol. The van der Waals surface area contributed by atoms with Crippen LogP contribution in [0, 0.1) is 0 Å². The van der Waals surface area contributed by atoms with E-state index in [0.29, 0.717) is 19.5 Å². The predicted octanol–water partition coefficient (Wildman–Crippen LogP) is 4.95. The molecule has 0 aliphatic carbocycles. The fourth-order valence-electron chi connectivity index (χ4n) is 3.31. The van der Waals surface area contributed by atoms with E-state index in [0.717, 1.165) is 22.0 Å². The number of aromatic nitrogens is 1. The number of sulfonamides is 1. The van der Waals surface area contributed by atoms with Crippen LogP contribution in [-0.2, 0) is 10.0 Å². The molecule has 1 aromatic heterocycles. The Labute approximate surface area is 162 Å². The number of hydrogen-bond acceptors (Lipinski definition) is 2. The Morgan fingerprint density at radius 2 is 1.73 bits per heavy atom. The molecule has 1 aliphatic heterocycles. The Hall–Kier alpha value is -1.79. The maximum atomic E-state index is 13.0. The van der Waals surface area contributed by atoms with E-state index in [9.17, 15) is 8.42 Å². The molecule has 0 amide bonds. The first kappa shape index (κ1) is 17.6. The minimum absolute atomic E-state index is 0.0210. The van der Waals surface area contributed by atoms with E-state index in [-0.39, 0.29) is 14.9 Å². The number of hydrogen-bond donors (Lipinski definition) is 1. The van der Waals surface area contributed by atoms with Crippen molar-refractivity contribution in [1.82, 2.24) is 9.29 Å². The van der Waals surface area contributed by atoms with Crippen molar-refractivity contribution >= 4 is 49.7 Å². The third kappa shape index (κ3) is 2.95. The van der Waals surface area contributed by atoms with E-state index in [1.807, 2.05) is 30.5 Å². The normalized spacial score (nSPS) is 16.0. The molecule has 4 nitrogen and oxygen atoms in total. The van der Waals surface area contributed by atoms with Gasteiger partial charge in [0.05, 0.1) is 10.0 Å². The standard InChI is InChI=1S/C19H16Cl2N2O2S/c20-16-5-3-6-17(21)19(16)26(24,25)23-10-8-13(9-11-23)15-12-22-18-7-2-1-4-14(15)18/h1-8,12,22H,9-11H2. The summed E-state index contributed by atoms with van der Waals surface area (Å²) in [5, 5.41) is 1.43. The van der Waals surface area contributed by atoms with E-state index >= 15 is 0 Å². The quantitative estimate of drug-likeness (QED) is 0.668. The lowest BCUT2D eigenvalue weighted by Crippen LogP contribution is -2.35. The number of halogens is 2. The predicted molar refractivity (Wildman–Crippen MR) is 106 cm³/mol. The molecule has 134 valence electrons. The molecule has 2 heterocycles. The van der Waals surface area contributed by atoms with Crippen LogP contribution < -0.4 is 0 Å². The second-order valence-corrected chi connectivity index (χ2v) is 8.83. The topological polar surface area (TPSA) is 53.2 Å². The molecule has 0 unspecified atom stereocenters. The maximum Gasteiger partial charge on any atom is 0.246 e. The number of nitrogens with zero attached hydrogens (tertiary/aromatic N) is 1. The summed E-state index contributed by atoms with van der Waals surface area (Å²) in [4.78, 5) is 3.24. The van der Waals surface area contributed by atoms with Crippen molar-refractivity contribution in [3.8, 4) is 0 Å². The van der Waals surface area contributed by atoms with E-state index < -0.39 is 10.0 Å². The average Bonchev–Trinajstić information content (AvgIpc) is 3.05. The van der Waals surface area contributed by atoms with Gasteiger partial charge in [0.2, 0.25) is 10.0 Å². The second-order valence-electron chi connectivity index (χ2n) is 6.14. The molecule has 0 atom stereocenters. The molecule has 0 radical (unpaired) electrons. The molecule has 0 bridgehead atoms. The minimum Gasteiger partial charge on any atom is -0.361 e. The Morgan fingerprint density at radius 3 is 2.42 bits per heavy atom. The van der Waals surface area contributed by atoms with Gasteiger partial charge in [0, 0.05) is 35.8 Å². The summed E-state index contributed by atoms with van der Waals surface area (Å²) in [6, 6.07) is 12.8. The number of para-hydroxylation sites is 1. The summed E-state index contributed by atoms with van der Waals surface area (Å²) >= 11 is 12.2. The van der Waals surface area contributed by atoms with Crippen molar-refractivity contribution in [1.29, 1.82) is 0 Å². The Bertz CT molecular complexity index is 1100. The lowest BCUT2D eigenvalue weighted by molar-refractivity contribution is 0.441. The second kappa shape index (κ2) is 6.74. The van der Waals surface area contributed by atoms with Crippen LogP contribution in [0.15, 0.2) is 59.6 Å². The molecule has 0 fully saturated rings. The molecule has 1 N–H and O–H groups in total. The van der Waals surface area contributed by atoms with Gasteiger partial charge in [-0.3, -0.25) is 0 Å². The SMILES string of the molecule is O=S(=O)(c1c(Cl)cccc1Cl)N1CC=C(c2c[nH]c3ccccc23)CC1. The minimum atomic E-state index is -3.74. The van der Waals surface area contributed by atoms with Crippen molar-refractivity contribution in [2.45, 2.75) is 11.3 Å². The van der Waals surface area contributed by atoms with Crippen LogP contribution in [0.4, 0.5) is 0 Å². The molecule has 3 aromatic rings. The molecule has 1 aliphatic rings. The highest BCUT2D eigenvalue weighted by atomic mass is 35.5. The van der Waals surface area contributed by atoms with Crippen LogP contribution in [0.25, 0.3) is 16.5 Å². The van der Waals surface area contributed by atoms with Crippen molar-refractivity contribution in [3.05, 3.63) is 70.3 Å². The number of H-pyrrole nitrogens is 1. The van der Waals surface area contributed by atoms with Crippen LogP contribution in [0.5, 0.6) is 0 Å². The van der Waals surface area contributed by atoms with Gasteiger partial charge < -0.3 is 4.98 Å². The number of rotatable bonds is 3. The first-order valence-corrected chi connectivity index (χ1v) is 10.4. The molecule has 4 rings (SSSR count). The lowest BCUT2D eigenvalue weighted by atomic mass is 10.00. The van der Waals surface area contributed by atoms with Gasteiger partial charge in [-0.25, -0.2) is 8.42 Å². The Balaban J connectivity index is 1.65. The van der Waals surface area contributed by atoms with Crippen molar-refractivity contribution < 1.29 is 8.42 Å². The zero-order valence-corrected chi connectivity index (χ0v) is 16.1. The molecule has 0 spiro atoms. The van der Waals surface area contributed by atoms with Crippen molar-refractivity contribution in [2.75, 3.05) is 13.1 Å². The summed E-state index contributed by atoms with van der Waals surface area (Å²) < 4.78 is 27.3. The van der Waals surface area contributed by atoms with Gasteiger partial charge in [0.25, 0.3) is 0 Å². The molecule has 2 aromatic carbocycles. The van der Waals surface area contributed by atoms with Crippen molar-refractivity contribution in [2.24, 2.45) is 0 Å². The van der Waals surface area contributed by atoms with Gasteiger partial charge in [-0.15, -0.1) is 0 Å². The maximum absolute atomic E-state index is 13.0. The van der Waals surface area contributed by atoms with Crippen LogP contribution in [0.1, 0.15) is 12.0 Å². The highest BCUT2D eigenvalue weighted by molar-refractivity contribution is 7.89. The first-order chi connectivity index (χ1) is 12.5. The van der Waals surface area contributed by atoms with Gasteiger partial charge in [-0.1, -0.05) is 53.5 Å². The smallest absolute Gasteiger partial charge is 0.246 e. The third-order valence-corrected chi connectivity index (χ3v) is 7.45. The van der Waals surface area contributed by atoms with E-state index in [4.69, 9.17) is 23.2 Å². The van der Waals surface area contributed by atoms with E-state index in [2.05, 4.69) is 11.1 Å². The number of fused-ring (bicyclic) bond motifs is 1. The van der Waals surface area contributed by atoms with Gasteiger partial charge >= 0.3 is 0 Å². The largest absolute Gasteiger partial charge is 0.361 e. The first-order valence-electron chi connectivity index (χ1n) is 8.18. The molecular formula is C19H16Cl2N2O2S. The van der Waals surface area contributed by atoms with Crippen LogP contribution in [-0.4, -0.2) is 30.8 Å². The van der Waals surface area contributed by atoms with E-state index in [1.54, 1.807) is 6.07 Å². The fourth-order valence-corrected chi connectivity index (χ4v) is 5.78. The summed E-state index contributed by atoms with van der Waals surface area (Å²) in [6.07, 6.45) is 4.57. The van der Waals surface area contributed by atoms with Gasteiger partial charge in [0.1, 0.15) is 4.90 Å². The number of nitrogens with one attached hydrogen (secondary N) is 1. The molecular weight excluding hydrogens is 391 g/mol.